The molecule has 0 unspecified atom stereocenters. The van der Waals surface area contributed by atoms with E-state index in [2.05, 4.69) is 10.3 Å². The Kier molecular flexibility index (Phi) is 7.71. The van der Waals surface area contributed by atoms with Crippen molar-refractivity contribution < 1.29 is 32.2 Å². The standard InChI is InChI=1S/C28H23F3N2O4/c1-2-3-13-36-27(35)25-24(37-23-12-11-18-7-4-5-8-19(18)14-23)15-20(17-32-25)26(34)33-22-10-6-9-21(16-22)28(29,30)31/h4-12,14-17H,2-3,13H2,1H3,(H,33,34). The Morgan fingerprint density at radius 3 is 2.49 bits per heavy atom. The van der Waals surface area contributed by atoms with Crippen LogP contribution in [0.1, 0.15) is 46.2 Å². The molecule has 190 valence electrons. The summed E-state index contributed by atoms with van der Waals surface area (Å²) in [5.41, 5.74) is -1.08. The number of halogens is 3. The van der Waals surface area contributed by atoms with Gasteiger partial charge in [-0.1, -0.05) is 49.7 Å². The van der Waals surface area contributed by atoms with Crippen LogP contribution in [0.2, 0.25) is 0 Å². The van der Waals surface area contributed by atoms with E-state index in [0.29, 0.717) is 12.2 Å². The summed E-state index contributed by atoms with van der Waals surface area (Å²) in [6.07, 6.45) is -1.91. The SMILES string of the molecule is CCCCOC(=O)c1ncc(C(=O)Nc2cccc(C(F)(F)F)c2)cc1Oc1ccc2ccccc2c1. The Morgan fingerprint density at radius 2 is 1.73 bits per heavy atom. The molecule has 0 aliphatic heterocycles. The first-order valence-corrected chi connectivity index (χ1v) is 11.6. The summed E-state index contributed by atoms with van der Waals surface area (Å²) in [6, 6.07) is 18.5. The van der Waals surface area contributed by atoms with Crippen LogP contribution in [0.4, 0.5) is 18.9 Å². The lowest BCUT2D eigenvalue weighted by atomic mass is 10.1. The molecule has 0 spiro atoms. The first-order valence-electron chi connectivity index (χ1n) is 11.6. The van der Waals surface area contributed by atoms with Gasteiger partial charge in [-0.15, -0.1) is 0 Å². The second-order valence-corrected chi connectivity index (χ2v) is 8.20. The molecule has 37 heavy (non-hydrogen) atoms. The Bertz CT molecular complexity index is 1440. The number of hydrogen-bond donors (Lipinski definition) is 1. The van der Waals surface area contributed by atoms with Crippen molar-refractivity contribution in [2.24, 2.45) is 0 Å². The van der Waals surface area contributed by atoms with Crippen molar-refractivity contribution >= 4 is 28.3 Å². The van der Waals surface area contributed by atoms with Crippen molar-refractivity contribution in [1.29, 1.82) is 0 Å². The number of unbranched alkanes of at least 4 members (excludes halogenated alkanes) is 1. The van der Waals surface area contributed by atoms with E-state index in [1.165, 1.54) is 18.2 Å². The number of rotatable bonds is 8. The summed E-state index contributed by atoms with van der Waals surface area (Å²) in [5, 5.41) is 4.31. The molecule has 0 saturated carbocycles. The van der Waals surface area contributed by atoms with Crippen LogP contribution in [-0.2, 0) is 10.9 Å². The fourth-order valence-electron chi connectivity index (χ4n) is 3.51. The van der Waals surface area contributed by atoms with Gasteiger partial charge in [-0.25, -0.2) is 9.78 Å². The van der Waals surface area contributed by atoms with Crippen LogP contribution in [-0.4, -0.2) is 23.5 Å². The normalized spacial score (nSPS) is 11.2. The molecule has 0 atom stereocenters. The maximum Gasteiger partial charge on any atom is 0.416 e. The third kappa shape index (κ3) is 6.43. The van der Waals surface area contributed by atoms with Crippen molar-refractivity contribution in [3.8, 4) is 11.5 Å². The molecule has 0 fully saturated rings. The molecule has 0 aliphatic rings. The van der Waals surface area contributed by atoms with Gasteiger partial charge in [0.05, 0.1) is 17.7 Å². The quantitative estimate of drug-likeness (QED) is 0.200. The number of pyridine rings is 1. The number of aromatic nitrogens is 1. The lowest BCUT2D eigenvalue weighted by Gasteiger charge is -2.13. The largest absolute Gasteiger partial charge is 0.461 e. The fraction of sp³-hybridized carbons (Fsp3) is 0.179. The molecular weight excluding hydrogens is 485 g/mol. The number of hydrogen-bond acceptors (Lipinski definition) is 5. The van der Waals surface area contributed by atoms with Crippen molar-refractivity contribution in [3.05, 3.63) is 95.8 Å². The predicted molar refractivity (Wildman–Crippen MR) is 133 cm³/mol. The summed E-state index contributed by atoms with van der Waals surface area (Å²) in [5.74, 6) is -1.05. The summed E-state index contributed by atoms with van der Waals surface area (Å²) in [7, 11) is 0. The van der Waals surface area contributed by atoms with Gasteiger partial charge in [-0.3, -0.25) is 4.79 Å². The number of alkyl halides is 3. The number of ether oxygens (including phenoxy) is 2. The van der Waals surface area contributed by atoms with E-state index >= 15 is 0 Å². The van der Waals surface area contributed by atoms with E-state index < -0.39 is 23.6 Å². The number of carbonyl (C=O) groups is 2. The van der Waals surface area contributed by atoms with Crippen molar-refractivity contribution in [2.45, 2.75) is 25.9 Å². The smallest absolute Gasteiger partial charge is 0.416 e. The molecule has 1 N–H and O–H groups in total. The lowest BCUT2D eigenvalue weighted by molar-refractivity contribution is -0.137. The highest BCUT2D eigenvalue weighted by molar-refractivity contribution is 6.05. The topological polar surface area (TPSA) is 77.5 Å². The Morgan fingerprint density at radius 1 is 0.946 bits per heavy atom. The zero-order valence-corrected chi connectivity index (χ0v) is 19.8. The maximum atomic E-state index is 13.0. The van der Waals surface area contributed by atoms with Crippen molar-refractivity contribution in [3.63, 3.8) is 0 Å². The predicted octanol–water partition coefficient (Wildman–Crippen LogP) is 7.26. The van der Waals surface area contributed by atoms with Crippen molar-refractivity contribution in [2.75, 3.05) is 11.9 Å². The van der Waals surface area contributed by atoms with Gasteiger partial charge in [-0.05, 0) is 53.6 Å². The third-order valence-corrected chi connectivity index (χ3v) is 5.44. The van der Waals surface area contributed by atoms with Crippen LogP contribution < -0.4 is 10.1 Å². The van der Waals surface area contributed by atoms with Crippen molar-refractivity contribution in [1.82, 2.24) is 4.98 Å². The molecular formula is C28H23F3N2O4. The molecule has 9 heteroatoms. The van der Waals surface area contributed by atoms with E-state index in [1.807, 2.05) is 37.3 Å². The highest BCUT2D eigenvalue weighted by Gasteiger charge is 2.30. The third-order valence-electron chi connectivity index (χ3n) is 5.44. The van der Waals surface area contributed by atoms with E-state index in [-0.39, 0.29) is 29.3 Å². The fourth-order valence-corrected chi connectivity index (χ4v) is 3.51. The molecule has 6 nitrogen and oxygen atoms in total. The van der Waals surface area contributed by atoms with Crippen LogP contribution in [0.5, 0.6) is 11.5 Å². The second-order valence-electron chi connectivity index (χ2n) is 8.20. The Hall–Kier alpha value is -4.40. The average molecular weight is 508 g/mol. The number of fused-ring (bicyclic) bond motifs is 1. The molecule has 4 aromatic rings. The van der Waals surface area contributed by atoms with Crippen LogP contribution >= 0.6 is 0 Å². The molecule has 1 amide bonds. The Balaban J connectivity index is 1.63. The summed E-state index contributed by atoms with van der Waals surface area (Å²) < 4.78 is 50.3. The van der Waals surface area contributed by atoms with Gasteiger partial charge >= 0.3 is 12.1 Å². The zero-order chi connectivity index (χ0) is 26.4. The molecule has 0 bridgehead atoms. The minimum atomic E-state index is -4.55. The molecule has 1 aromatic heterocycles. The van der Waals surface area contributed by atoms with E-state index in [4.69, 9.17) is 9.47 Å². The summed E-state index contributed by atoms with van der Waals surface area (Å²) in [4.78, 5) is 29.6. The van der Waals surface area contributed by atoms with E-state index in [9.17, 15) is 22.8 Å². The van der Waals surface area contributed by atoms with Gasteiger partial charge in [0.15, 0.2) is 11.4 Å². The number of nitrogens with one attached hydrogen (secondary N) is 1. The average Bonchev–Trinajstić information content (AvgIpc) is 2.88. The minimum Gasteiger partial charge on any atom is -0.461 e. The zero-order valence-electron chi connectivity index (χ0n) is 19.8. The van der Waals surface area contributed by atoms with Gasteiger partial charge in [0, 0.05) is 11.9 Å². The van der Waals surface area contributed by atoms with Crippen LogP contribution in [0.15, 0.2) is 79.0 Å². The van der Waals surface area contributed by atoms with Crippen LogP contribution in [0, 0.1) is 0 Å². The van der Waals surface area contributed by atoms with Gasteiger partial charge in [0.25, 0.3) is 5.91 Å². The van der Waals surface area contributed by atoms with E-state index in [1.54, 1.807) is 12.1 Å². The summed E-state index contributed by atoms with van der Waals surface area (Å²) >= 11 is 0. The molecule has 0 radical (unpaired) electrons. The van der Waals surface area contributed by atoms with Gasteiger partial charge in [0.1, 0.15) is 5.75 Å². The molecule has 0 saturated heterocycles. The highest BCUT2D eigenvalue weighted by atomic mass is 19.4. The molecule has 3 aromatic carbocycles. The maximum absolute atomic E-state index is 13.0. The van der Waals surface area contributed by atoms with E-state index in [0.717, 1.165) is 35.5 Å². The first kappa shape index (κ1) is 25.7. The monoisotopic (exact) mass is 508 g/mol. The highest BCUT2D eigenvalue weighted by Crippen LogP contribution is 2.32. The van der Waals surface area contributed by atoms with Gasteiger partial charge < -0.3 is 14.8 Å². The number of nitrogens with zero attached hydrogens (tertiary/aromatic N) is 1. The van der Waals surface area contributed by atoms with Crippen LogP contribution in [0.3, 0.4) is 0 Å². The number of benzene rings is 3. The number of anilines is 1. The molecule has 4 rings (SSSR count). The van der Waals surface area contributed by atoms with Gasteiger partial charge in [-0.2, -0.15) is 13.2 Å². The minimum absolute atomic E-state index is 0.0155. The molecule has 0 aliphatic carbocycles. The number of esters is 1. The number of carbonyl (C=O) groups excluding carboxylic acids is 2. The van der Waals surface area contributed by atoms with Gasteiger partial charge in [0.2, 0.25) is 0 Å². The molecule has 1 heterocycles. The van der Waals surface area contributed by atoms with Crippen LogP contribution in [0.25, 0.3) is 10.8 Å². The lowest BCUT2D eigenvalue weighted by Crippen LogP contribution is -2.16. The Labute approximate surface area is 211 Å². The first-order chi connectivity index (χ1) is 17.7. The number of amides is 1. The second kappa shape index (κ2) is 11.1. The summed E-state index contributed by atoms with van der Waals surface area (Å²) in [6.45, 7) is 2.16.